The summed E-state index contributed by atoms with van der Waals surface area (Å²) in [5.41, 5.74) is 6.52. The molecule has 2 N–H and O–H groups in total. The van der Waals surface area contributed by atoms with Crippen molar-refractivity contribution in [3.05, 3.63) is 29.6 Å². The van der Waals surface area contributed by atoms with E-state index in [0.717, 1.165) is 18.4 Å². The number of rotatable bonds is 7. The third-order valence-electron chi connectivity index (χ3n) is 2.50. The van der Waals surface area contributed by atoms with E-state index in [0.29, 0.717) is 25.2 Å². The summed E-state index contributed by atoms with van der Waals surface area (Å²) >= 11 is 0. The number of benzene rings is 1. The molecule has 1 rings (SSSR count). The van der Waals surface area contributed by atoms with Gasteiger partial charge in [0.25, 0.3) is 0 Å². The maximum atomic E-state index is 13.2. The van der Waals surface area contributed by atoms with Crippen LogP contribution in [-0.4, -0.2) is 12.6 Å². The Hall–Kier alpha value is -1.60. The second-order valence-corrected chi connectivity index (χ2v) is 4.40. The zero-order chi connectivity index (χ0) is 13.4. The molecule has 0 amide bonds. The van der Waals surface area contributed by atoms with Crippen molar-refractivity contribution < 1.29 is 9.13 Å². The summed E-state index contributed by atoms with van der Waals surface area (Å²) in [6.45, 7) is 2.42. The Balaban J connectivity index is 2.55. The number of nitrogens with zero attached hydrogens (tertiary/aromatic N) is 1. The lowest BCUT2D eigenvalue weighted by Crippen LogP contribution is -2.18. The quantitative estimate of drug-likeness (QED) is 0.757. The molecule has 0 aliphatic heterocycles. The summed E-state index contributed by atoms with van der Waals surface area (Å²) in [6.07, 6.45) is 2.77. The van der Waals surface area contributed by atoms with Gasteiger partial charge in [-0.2, -0.15) is 5.26 Å². The number of ether oxygens (including phenoxy) is 1. The van der Waals surface area contributed by atoms with Crippen LogP contribution in [0.3, 0.4) is 0 Å². The Morgan fingerprint density at radius 2 is 2.22 bits per heavy atom. The molecule has 0 aromatic heterocycles. The van der Waals surface area contributed by atoms with Gasteiger partial charge in [-0.25, -0.2) is 4.39 Å². The summed E-state index contributed by atoms with van der Waals surface area (Å²) in [6, 6.07) is 6.54. The van der Waals surface area contributed by atoms with Crippen molar-refractivity contribution in [2.45, 2.75) is 38.6 Å². The molecule has 0 radical (unpaired) electrons. The van der Waals surface area contributed by atoms with Crippen LogP contribution in [0.4, 0.5) is 4.39 Å². The van der Waals surface area contributed by atoms with Gasteiger partial charge in [0.1, 0.15) is 11.6 Å². The topological polar surface area (TPSA) is 59.0 Å². The van der Waals surface area contributed by atoms with E-state index in [2.05, 4.69) is 6.07 Å². The second-order valence-electron chi connectivity index (χ2n) is 4.40. The van der Waals surface area contributed by atoms with Gasteiger partial charge in [-0.05, 0) is 49.9 Å². The highest BCUT2D eigenvalue weighted by Crippen LogP contribution is 2.21. The molecular formula is C14H19FN2O. The highest BCUT2D eigenvalue weighted by atomic mass is 19.1. The molecule has 1 atom stereocenters. The summed E-state index contributed by atoms with van der Waals surface area (Å²) in [4.78, 5) is 0. The van der Waals surface area contributed by atoms with Crippen molar-refractivity contribution >= 4 is 0 Å². The molecule has 0 aliphatic carbocycles. The average Bonchev–Trinajstić information content (AvgIpc) is 2.30. The summed E-state index contributed by atoms with van der Waals surface area (Å²) in [7, 11) is 0. The predicted octanol–water partition coefficient (Wildman–Crippen LogP) is 2.79. The van der Waals surface area contributed by atoms with Gasteiger partial charge in [-0.1, -0.05) is 0 Å². The Bertz CT molecular complexity index is 413. The number of hydrogen-bond donors (Lipinski definition) is 1. The van der Waals surface area contributed by atoms with Gasteiger partial charge >= 0.3 is 0 Å². The van der Waals surface area contributed by atoms with E-state index in [1.165, 1.54) is 12.1 Å². The van der Waals surface area contributed by atoms with E-state index in [-0.39, 0.29) is 11.9 Å². The zero-order valence-corrected chi connectivity index (χ0v) is 10.7. The van der Waals surface area contributed by atoms with Gasteiger partial charge in [-0.3, -0.25) is 0 Å². The molecule has 0 fully saturated rings. The van der Waals surface area contributed by atoms with E-state index in [1.54, 1.807) is 6.07 Å². The van der Waals surface area contributed by atoms with Crippen molar-refractivity contribution in [2.75, 3.05) is 6.61 Å². The largest absolute Gasteiger partial charge is 0.493 e. The van der Waals surface area contributed by atoms with Crippen molar-refractivity contribution in [1.82, 2.24) is 0 Å². The molecule has 1 unspecified atom stereocenters. The van der Waals surface area contributed by atoms with Crippen molar-refractivity contribution in [3.63, 3.8) is 0 Å². The van der Waals surface area contributed by atoms with E-state index < -0.39 is 0 Å². The number of nitrogens with two attached hydrogens (primary N) is 1. The minimum Gasteiger partial charge on any atom is -0.493 e. The first-order valence-corrected chi connectivity index (χ1v) is 6.17. The first-order chi connectivity index (χ1) is 8.63. The van der Waals surface area contributed by atoms with Crippen LogP contribution in [0.15, 0.2) is 18.2 Å². The fourth-order valence-electron chi connectivity index (χ4n) is 1.68. The predicted molar refractivity (Wildman–Crippen MR) is 68.7 cm³/mol. The maximum absolute atomic E-state index is 13.2. The number of nitriles is 1. The monoisotopic (exact) mass is 250 g/mol. The van der Waals surface area contributed by atoms with Crippen LogP contribution in [0.2, 0.25) is 0 Å². The van der Waals surface area contributed by atoms with Gasteiger partial charge in [0, 0.05) is 12.5 Å². The highest BCUT2D eigenvalue weighted by Gasteiger charge is 2.07. The van der Waals surface area contributed by atoms with Crippen LogP contribution in [0.1, 0.15) is 31.7 Å². The fraction of sp³-hybridized carbons (Fsp3) is 0.500. The van der Waals surface area contributed by atoms with Crippen molar-refractivity contribution in [1.29, 1.82) is 5.26 Å². The normalized spacial score (nSPS) is 11.9. The molecule has 98 valence electrons. The second kappa shape index (κ2) is 7.67. The van der Waals surface area contributed by atoms with Gasteiger partial charge in [0.15, 0.2) is 0 Å². The first-order valence-electron chi connectivity index (χ1n) is 6.17. The van der Waals surface area contributed by atoms with Crippen LogP contribution in [0.5, 0.6) is 5.75 Å². The smallest absolute Gasteiger partial charge is 0.123 e. The molecule has 1 aromatic carbocycles. The molecule has 4 heteroatoms. The van der Waals surface area contributed by atoms with Gasteiger partial charge in [0.2, 0.25) is 0 Å². The summed E-state index contributed by atoms with van der Waals surface area (Å²) in [5, 5.41) is 8.41. The molecular weight excluding hydrogens is 231 g/mol. The molecule has 0 saturated carbocycles. The van der Waals surface area contributed by atoms with Gasteiger partial charge in [-0.15, -0.1) is 0 Å². The molecule has 18 heavy (non-hydrogen) atoms. The van der Waals surface area contributed by atoms with Crippen molar-refractivity contribution in [2.24, 2.45) is 5.73 Å². The molecule has 0 aliphatic rings. The summed E-state index contributed by atoms with van der Waals surface area (Å²) in [5.74, 6) is 0.410. The minimum absolute atomic E-state index is 0.0345. The van der Waals surface area contributed by atoms with E-state index >= 15 is 0 Å². The minimum atomic E-state index is -0.275. The Kier molecular flexibility index (Phi) is 6.16. The fourth-order valence-corrected chi connectivity index (χ4v) is 1.68. The highest BCUT2D eigenvalue weighted by molar-refractivity contribution is 5.34. The van der Waals surface area contributed by atoms with Gasteiger partial charge in [0.05, 0.1) is 12.7 Å². The van der Waals surface area contributed by atoms with Crippen LogP contribution in [0.25, 0.3) is 0 Å². The summed E-state index contributed by atoms with van der Waals surface area (Å²) < 4.78 is 18.8. The Morgan fingerprint density at radius 3 is 2.89 bits per heavy atom. The van der Waals surface area contributed by atoms with E-state index in [4.69, 9.17) is 15.7 Å². The number of unbranched alkanes of at least 4 members (excludes halogenated alkanes) is 2. The third-order valence-corrected chi connectivity index (χ3v) is 2.50. The molecule has 0 spiro atoms. The van der Waals surface area contributed by atoms with Crippen molar-refractivity contribution in [3.8, 4) is 11.8 Å². The molecule has 0 bridgehead atoms. The molecule has 0 saturated heterocycles. The Labute approximate surface area is 107 Å². The third kappa shape index (κ3) is 5.15. The van der Waals surface area contributed by atoms with E-state index in [9.17, 15) is 4.39 Å². The lowest BCUT2D eigenvalue weighted by atomic mass is 10.1. The van der Waals surface area contributed by atoms with Crippen LogP contribution >= 0.6 is 0 Å². The lowest BCUT2D eigenvalue weighted by Gasteiger charge is -2.13. The van der Waals surface area contributed by atoms with Crippen LogP contribution < -0.4 is 10.5 Å². The molecule has 1 aromatic rings. The molecule has 0 heterocycles. The first kappa shape index (κ1) is 14.5. The molecule has 3 nitrogen and oxygen atoms in total. The zero-order valence-electron chi connectivity index (χ0n) is 10.7. The number of halogens is 1. The standard InChI is InChI=1S/C14H19FN2O/c1-11(17)9-12-10-13(15)5-6-14(12)18-8-4-2-3-7-16/h5-6,10-11H,2-4,8-9,17H2,1H3. The Morgan fingerprint density at radius 1 is 1.44 bits per heavy atom. The van der Waals surface area contributed by atoms with Gasteiger partial charge < -0.3 is 10.5 Å². The maximum Gasteiger partial charge on any atom is 0.123 e. The SMILES string of the molecule is CC(N)Cc1cc(F)ccc1OCCCCC#N. The number of hydrogen-bond acceptors (Lipinski definition) is 3. The van der Waals surface area contributed by atoms with E-state index in [1.807, 2.05) is 6.92 Å². The van der Waals surface area contributed by atoms with Crippen LogP contribution in [-0.2, 0) is 6.42 Å². The average molecular weight is 250 g/mol. The van der Waals surface area contributed by atoms with Crippen LogP contribution in [0, 0.1) is 17.1 Å². The lowest BCUT2D eigenvalue weighted by molar-refractivity contribution is 0.303.